The van der Waals surface area contributed by atoms with Crippen LogP contribution in [0, 0.1) is 11.3 Å². The number of carbonyl (C=O) groups excluding carboxylic acids is 3. The summed E-state index contributed by atoms with van der Waals surface area (Å²) in [6, 6.07) is 16.5. The van der Waals surface area contributed by atoms with Crippen molar-refractivity contribution in [2.24, 2.45) is 0 Å². The van der Waals surface area contributed by atoms with Gasteiger partial charge in [0, 0.05) is 27.1 Å². The summed E-state index contributed by atoms with van der Waals surface area (Å²) < 4.78 is 10.6. The molecule has 2 amide bonds. The maximum atomic E-state index is 13.5. The van der Waals surface area contributed by atoms with E-state index in [-0.39, 0.29) is 29.4 Å². The van der Waals surface area contributed by atoms with Crippen LogP contribution in [0.15, 0.2) is 87.1 Å². The molecule has 2 heterocycles. The van der Waals surface area contributed by atoms with Gasteiger partial charge in [-0.1, -0.05) is 35.0 Å². The van der Waals surface area contributed by atoms with E-state index in [4.69, 9.17) is 32.4 Å². The summed E-state index contributed by atoms with van der Waals surface area (Å²) >= 11 is 13.1. The normalized spacial score (nSPS) is 14.7. The summed E-state index contributed by atoms with van der Waals surface area (Å²) in [7, 11) is 0. The molecule has 41 heavy (non-hydrogen) atoms. The number of nitrogens with zero attached hydrogens (tertiary/aromatic N) is 1. The first kappa shape index (κ1) is 29.8. The minimum Gasteiger partial charge on any atom is -0.468 e. The fourth-order valence-electron chi connectivity index (χ4n) is 4.13. The Morgan fingerprint density at radius 3 is 2.39 bits per heavy atom. The number of furan rings is 1. The Balaban J connectivity index is 1.54. The van der Waals surface area contributed by atoms with Crippen LogP contribution in [0.4, 0.5) is 11.4 Å². The van der Waals surface area contributed by atoms with Crippen molar-refractivity contribution >= 4 is 64.1 Å². The number of amides is 2. The van der Waals surface area contributed by atoms with E-state index in [1.807, 2.05) is 0 Å². The lowest BCUT2D eigenvalue weighted by Crippen LogP contribution is -2.31. The van der Waals surface area contributed by atoms with Crippen LogP contribution < -0.4 is 16.0 Å². The number of esters is 1. The van der Waals surface area contributed by atoms with Gasteiger partial charge in [0.1, 0.15) is 5.76 Å². The Morgan fingerprint density at radius 2 is 1.78 bits per heavy atom. The maximum absolute atomic E-state index is 13.5. The Bertz CT molecular complexity index is 1560. The van der Waals surface area contributed by atoms with Crippen molar-refractivity contribution in [1.29, 1.82) is 5.26 Å². The molecule has 3 aromatic rings. The molecule has 2 aromatic carbocycles. The molecule has 0 unspecified atom stereocenters. The number of allylic oxidation sites excluding steroid dienone is 2. The fraction of sp³-hybridized carbons (Fsp3) is 0.172. The van der Waals surface area contributed by atoms with Crippen LogP contribution >= 0.6 is 35.0 Å². The van der Waals surface area contributed by atoms with Gasteiger partial charge in [-0.3, -0.25) is 9.59 Å². The van der Waals surface area contributed by atoms with Gasteiger partial charge in [-0.2, -0.15) is 5.26 Å². The number of nitriles is 1. The number of anilines is 2. The molecule has 0 bridgehead atoms. The third kappa shape index (κ3) is 7.32. The van der Waals surface area contributed by atoms with Crippen molar-refractivity contribution in [1.82, 2.24) is 5.32 Å². The van der Waals surface area contributed by atoms with E-state index >= 15 is 0 Å². The maximum Gasteiger partial charge on any atom is 0.338 e. The number of dihydropyridines is 1. The summed E-state index contributed by atoms with van der Waals surface area (Å²) in [5.41, 5.74) is 2.22. The molecule has 4 rings (SSSR count). The predicted octanol–water partition coefficient (Wildman–Crippen LogP) is 6.47. The lowest BCUT2D eigenvalue weighted by molar-refractivity contribution is -0.114. The molecule has 1 aliphatic rings. The quantitative estimate of drug-likeness (QED) is 0.235. The smallest absolute Gasteiger partial charge is 0.338 e. The van der Waals surface area contributed by atoms with Crippen molar-refractivity contribution < 1.29 is 23.5 Å². The van der Waals surface area contributed by atoms with Gasteiger partial charge in [-0.25, -0.2) is 4.79 Å². The summed E-state index contributed by atoms with van der Waals surface area (Å²) in [6.45, 7) is 3.68. The van der Waals surface area contributed by atoms with E-state index in [0.29, 0.717) is 43.5 Å². The Hall–Kier alpha value is -4.17. The van der Waals surface area contributed by atoms with Crippen molar-refractivity contribution in [3.8, 4) is 6.07 Å². The highest BCUT2D eigenvalue weighted by molar-refractivity contribution is 8.03. The summed E-state index contributed by atoms with van der Waals surface area (Å²) in [4.78, 5) is 38.1. The fourth-order valence-corrected chi connectivity index (χ4v) is 5.55. The molecule has 0 saturated heterocycles. The SMILES string of the molecule is CCOC(=O)c1ccc(NC(=O)C2=C(C)NC(SCC(=O)Nc3cc(Cl)cc(Cl)c3)=C(C#N)[C@@H]2c2ccco2)cc1. The molecule has 0 spiro atoms. The zero-order valence-electron chi connectivity index (χ0n) is 21.9. The topological polar surface area (TPSA) is 133 Å². The number of ether oxygens (including phenoxy) is 1. The van der Waals surface area contributed by atoms with Gasteiger partial charge in [-0.15, -0.1) is 0 Å². The lowest BCUT2D eigenvalue weighted by atomic mass is 9.85. The number of carbonyl (C=O) groups is 3. The second-order valence-electron chi connectivity index (χ2n) is 8.71. The number of hydrogen-bond donors (Lipinski definition) is 3. The Morgan fingerprint density at radius 1 is 1.07 bits per heavy atom. The van der Waals surface area contributed by atoms with E-state index in [1.54, 1.807) is 68.4 Å². The van der Waals surface area contributed by atoms with Crippen molar-refractivity contribution in [3.63, 3.8) is 0 Å². The molecule has 1 aliphatic heterocycles. The van der Waals surface area contributed by atoms with Crippen LogP contribution in [-0.4, -0.2) is 30.1 Å². The van der Waals surface area contributed by atoms with Crippen molar-refractivity contribution in [2.45, 2.75) is 19.8 Å². The largest absolute Gasteiger partial charge is 0.468 e. The molecule has 0 fully saturated rings. The second kappa shape index (κ2) is 13.5. The Labute approximate surface area is 250 Å². The molecule has 1 aromatic heterocycles. The number of thioether (sulfide) groups is 1. The van der Waals surface area contributed by atoms with E-state index in [0.717, 1.165) is 11.8 Å². The van der Waals surface area contributed by atoms with Gasteiger partial charge in [0.05, 0.1) is 52.3 Å². The highest BCUT2D eigenvalue weighted by Crippen LogP contribution is 2.41. The first-order valence-corrected chi connectivity index (χ1v) is 14.1. The lowest BCUT2D eigenvalue weighted by Gasteiger charge is -2.28. The molecule has 1 atom stereocenters. The zero-order chi connectivity index (χ0) is 29.5. The second-order valence-corrected chi connectivity index (χ2v) is 10.6. The number of hydrogen-bond acceptors (Lipinski definition) is 8. The standard InChI is InChI=1S/C29H24Cl2N4O5S/c1-3-39-29(38)17-6-8-20(9-7-17)35-27(37)25-16(2)33-28(22(14-32)26(25)23-5-4-10-40-23)41-15-24(36)34-21-12-18(30)11-19(31)13-21/h4-13,26,33H,3,15H2,1-2H3,(H,34,36)(H,35,37)/t26-/m1/s1. The number of rotatable bonds is 9. The average molecular weight is 612 g/mol. The first-order valence-electron chi connectivity index (χ1n) is 12.3. The predicted molar refractivity (Wildman–Crippen MR) is 159 cm³/mol. The minimum absolute atomic E-state index is 0.0376. The van der Waals surface area contributed by atoms with Crippen LogP contribution in [0.1, 0.15) is 35.9 Å². The first-order chi connectivity index (χ1) is 19.7. The number of halogens is 2. The minimum atomic E-state index is -0.827. The van der Waals surface area contributed by atoms with Crippen molar-refractivity contribution in [3.05, 3.63) is 104 Å². The summed E-state index contributed by atoms with van der Waals surface area (Å²) in [6.07, 6.45) is 1.46. The third-order valence-corrected chi connectivity index (χ3v) is 7.32. The molecule has 9 nitrogen and oxygen atoms in total. The van der Waals surface area contributed by atoms with Crippen LogP contribution in [-0.2, 0) is 14.3 Å². The highest BCUT2D eigenvalue weighted by atomic mass is 35.5. The summed E-state index contributed by atoms with van der Waals surface area (Å²) in [5, 5.41) is 20.0. The molecule has 0 saturated carbocycles. The van der Waals surface area contributed by atoms with Gasteiger partial charge in [-0.05, 0) is 68.4 Å². The van der Waals surface area contributed by atoms with Crippen molar-refractivity contribution in [2.75, 3.05) is 23.0 Å². The van der Waals surface area contributed by atoms with E-state index in [9.17, 15) is 19.6 Å². The number of benzene rings is 2. The Kier molecular flexibility index (Phi) is 9.78. The third-order valence-electron chi connectivity index (χ3n) is 5.87. The molecular weight excluding hydrogens is 587 g/mol. The van der Waals surface area contributed by atoms with Crippen LogP contribution in [0.25, 0.3) is 0 Å². The average Bonchev–Trinajstić information content (AvgIpc) is 3.46. The molecule has 12 heteroatoms. The summed E-state index contributed by atoms with van der Waals surface area (Å²) in [5.74, 6) is -1.74. The zero-order valence-corrected chi connectivity index (χ0v) is 24.2. The molecule has 0 radical (unpaired) electrons. The van der Waals surface area contributed by atoms with Gasteiger partial charge in [0.15, 0.2) is 0 Å². The highest BCUT2D eigenvalue weighted by Gasteiger charge is 2.36. The molecular formula is C29H24Cl2N4O5S. The molecule has 0 aliphatic carbocycles. The van der Waals surface area contributed by atoms with Crippen LogP contribution in [0.3, 0.4) is 0 Å². The van der Waals surface area contributed by atoms with Gasteiger partial charge in [0.25, 0.3) is 5.91 Å². The monoisotopic (exact) mass is 610 g/mol. The van der Waals surface area contributed by atoms with Crippen LogP contribution in [0.5, 0.6) is 0 Å². The molecule has 210 valence electrons. The van der Waals surface area contributed by atoms with E-state index < -0.39 is 17.8 Å². The molecule has 3 N–H and O–H groups in total. The van der Waals surface area contributed by atoms with Gasteiger partial charge in [0.2, 0.25) is 5.91 Å². The van der Waals surface area contributed by atoms with Crippen LogP contribution in [0.2, 0.25) is 10.0 Å². The van der Waals surface area contributed by atoms with E-state index in [1.165, 1.54) is 6.26 Å². The van der Waals surface area contributed by atoms with E-state index in [2.05, 4.69) is 22.0 Å². The van der Waals surface area contributed by atoms with Gasteiger partial charge >= 0.3 is 5.97 Å². The number of nitrogens with one attached hydrogen (secondary N) is 3. The van der Waals surface area contributed by atoms with Gasteiger partial charge < -0.3 is 25.1 Å².